The zero-order chi connectivity index (χ0) is 54.9. The molecule has 0 atom stereocenters. The first-order valence-electron chi connectivity index (χ1n) is 27.7. The standard InChI is InChI=1S/2C36H23BO2.C4H6/c1-4-11-24(12-5-1)27-19-20-32-31(21-27)37-30-18-10-17-29(26-15-8-3-9-16-26)36(30)39-34-23-28(22-33(38-32)35(34)37)25-13-6-2-7-14-25;1-4-10-24(11-5-1)27-17-19-32-31(20-27)37-30-18-16-28(25-12-6-2-7-13-25)21-33(30)39-35-23-29(22-34(38-32)36(35)37)26-14-8-3-9-15-26;1-3-4-2/h2*1-23H;3-4H,1-2H2. The van der Waals surface area contributed by atoms with E-state index >= 15 is 0 Å². The lowest BCUT2D eigenvalue weighted by Crippen LogP contribution is -2.57. The van der Waals surface area contributed by atoms with Gasteiger partial charge in [0.1, 0.15) is 46.0 Å². The van der Waals surface area contributed by atoms with Crippen LogP contribution in [0.15, 0.2) is 304 Å². The van der Waals surface area contributed by atoms with Gasteiger partial charge in [0.05, 0.1) is 0 Å². The number of para-hydroxylation sites is 1. The van der Waals surface area contributed by atoms with Crippen LogP contribution < -0.4 is 51.7 Å². The molecule has 0 saturated heterocycles. The Balaban J connectivity index is 0.000000138. The highest BCUT2D eigenvalue weighted by atomic mass is 16.5. The number of allylic oxidation sites excluding steroid dienone is 2. The fraction of sp³-hybridized carbons (Fsp3) is 0. The third kappa shape index (κ3) is 9.26. The number of hydrogen-bond donors (Lipinski definition) is 0. The van der Waals surface area contributed by atoms with Crippen molar-refractivity contribution in [2.45, 2.75) is 0 Å². The Morgan fingerprint density at radius 3 is 1.00 bits per heavy atom. The molecule has 4 aliphatic rings. The second kappa shape index (κ2) is 21.6. The van der Waals surface area contributed by atoms with Gasteiger partial charge in [-0.1, -0.05) is 262 Å². The maximum atomic E-state index is 6.82. The Bertz CT molecular complexity index is 4350. The lowest BCUT2D eigenvalue weighted by atomic mass is 9.34. The second-order valence-electron chi connectivity index (χ2n) is 20.7. The van der Waals surface area contributed by atoms with E-state index in [1.807, 2.05) is 24.3 Å². The Morgan fingerprint density at radius 1 is 0.232 bits per heavy atom. The lowest BCUT2D eigenvalue weighted by Gasteiger charge is -2.34. The number of rotatable bonds is 7. The molecule has 4 nitrogen and oxygen atoms in total. The molecule has 82 heavy (non-hydrogen) atoms. The van der Waals surface area contributed by atoms with Crippen LogP contribution in [0.3, 0.4) is 0 Å². The molecule has 4 heterocycles. The topological polar surface area (TPSA) is 36.9 Å². The molecule has 4 aliphatic heterocycles. The van der Waals surface area contributed by atoms with E-state index in [9.17, 15) is 0 Å². The number of ether oxygens (including phenoxy) is 4. The van der Waals surface area contributed by atoms with Crippen molar-refractivity contribution in [3.8, 4) is 113 Å². The summed E-state index contributed by atoms with van der Waals surface area (Å²) in [5.41, 5.74) is 20.5. The van der Waals surface area contributed by atoms with Gasteiger partial charge in [0.2, 0.25) is 0 Å². The van der Waals surface area contributed by atoms with Crippen LogP contribution in [-0.2, 0) is 0 Å². The largest absolute Gasteiger partial charge is 0.458 e. The Morgan fingerprint density at radius 2 is 0.573 bits per heavy atom. The summed E-state index contributed by atoms with van der Waals surface area (Å²) in [6, 6.07) is 97.7. The lowest BCUT2D eigenvalue weighted by molar-refractivity contribution is 0.465. The normalized spacial score (nSPS) is 12.1. The first-order valence-corrected chi connectivity index (χ1v) is 27.7. The van der Waals surface area contributed by atoms with Gasteiger partial charge in [-0.15, -0.1) is 0 Å². The van der Waals surface area contributed by atoms with E-state index in [1.54, 1.807) is 12.2 Å². The average Bonchev–Trinajstić information content (AvgIpc) is 3.74. The molecule has 0 aliphatic carbocycles. The molecular weight excluding hydrogens is 998 g/mol. The minimum atomic E-state index is -0.000326. The fourth-order valence-corrected chi connectivity index (χ4v) is 11.9. The minimum Gasteiger partial charge on any atom is -0.458 e. The molecule has 0 saturated carbocycles. The van der Waals surface area contributed by atoms with Gasteiger partial charge in [0, 0.05) is 16.5 Å². The second-order valence-corrected chi connectivity index (χ2v) is 20.7. The van der Waals surface area contributed by atoms with Crippen molar-refractivity contribution in [1.29, 1.82) is 0 Å². The first-order chi connectivity index (χ1) is 40.6. The maximum absolute atomic E-state index is 6.82. The monoisotopic (exact) mass is 1050 g/mol. The number of benzene rings is 12. The SMILES string of the molecule is C=CC=C.c1ccc(-c2cc3c4c(c2)Oc2c(cccc2-c2ccccc2)B4c2cc(-c4ccccc4)ccc2O3)cc1.c1ccc(-c2ccc3c(c2)Oc2cc(-c4ccccc4)cc4c2B3c2cc(-c3ccccc3)ccc2O4)cc1. The zero-order valence-electron chi connectivity index (χ0n) is 44.9. The van der Waals surface area contributed by atoms with Crippen LogP contribution >= 0.6 is 0 Å². The highest BCUT2D eigenvalue weighted by molar-refractivity contribution is 6.99. The van der Waals surface area contributed by atoms with Gasteiger partial charge in [-0.05, 0) is 126 Å². The third-order valence-electron chi connectivity index (χ3n) is 15.8. The third-order valence-corrected chi connectivity index (χ3v) is 15.8. The molecule has 0 fully saturated rings. The number of hydrogen-bond acceptors (Lipinski definition) is 4. The van der Waals surface area contributed by atoms with Crippen LogP contribution in [0.1, 0.15) is 0 Å². The minimum absolute atomic E-state index is 0.000326. The molecular formula is C76H52B2O4. The van der Waals surface area contributed by atoms with Gasteiger partial charge >= 0.3 is 0 Å². The fourth-order valence-electron chi connectivity index (χ4n) is 11.9. The molecule has 0 bridgehead atoms. The Hall–Kier alpha value is -10.6. The van der Waals surface area contributed by atoms with Gasteiger partial charge in [-0.25, -0.2) is 0 Å². The summed E-state index contributed by atoms with van der Waals surface area (Å²) in [5, 5.41) is 0. The van der Waals surface area contributed by atoms with Gasteiger partial charge in [0.15, 0.2) is 0 Å². The van der Waals surface area contributed by atoms with Crippen LogP contribution in [-0.4, -0.2) is 13.4 Å². The Labute approximate surface area is 479 Å². The van der Waals surface area contributed by atoms with Gasteiger partial charge in [-0.2, -0.15) is 0 Å². The van der Waals surface area contributed by atoms with E-state index in [1.165, 1.54) is 27.8 Å². The van der Waals surface area contributed by atoms with Gasteiger partial charge in [-0.3, -0.25) is 0 Å². The van der Waals surface area contributed by atoms with Crippen molar-refractivity contribution in [3.05, 3.63) is 304 Å². The van der Waals surface area contributed by atoms with Crippen LogP contribution in [0.25, 0.3) is 66.8 Å². The zero-order valence-corrected chi connectivity index (χ0v) is 44.9. The van der Waals surface area contributed by atoms with Crippen molar-refractivity contribution in [2.75, 3.05) is 0 Å². The molecule has 0 N–H and O–H groups in total. The van der Waals surface area contributed by atoms with E-state index in [0.29, 0.717) is 0 Å². The summed E-state index contributed by atoms with van der Waals surface area (Å²) in [6.45, 7) is 6.74. The highest BCUT2D eigenvalue weighted by Crippen LogP contribution is 2.43. The summed E-state index contributed by atoms with van der Waals surface area (Å²) >= 11 is 0. The van der Waals surface area contributed by atoms with E-state index in [2.05, 4.69) is 268 Å². The molecule has 0 unspecified atom stereocenters. The molecule has 12 aromatic carbocycles. The van der Waals surface area contributed by atoms with Crippen LogP contribution in [0.5, 0.6) is 46.0 Å². The summed E-state index contributed by atoms with van der Waals surface area (Å²) in [4.78, 5) is 0. The van der Waals surface area contributed by atoms with E-state index in [-0.39, 0.29) is 13.4 Å². The summed E-state index contributed by atoms with van der Waals surface area (Å²) in [6.07, 6.45) is 3.28. The quantitative estimate of drug-likeness (QED) is 0.118. The average molecular weight is 1050 g/mol. The predicted octanol–water partition coefficient (Wildman–Crippen LogP) is 16.2. The molecule has 386 valence electrons. The van der Waals surface area contributed by atoms with Crippen molar-refractivity contribution in [1.82, 2.24) is 0 Å². The van der Waals surface area contributed by atoms with Crippen LogP contribution in [0.2, 0.25) is 0 Å². The van der Waals surface area contributed by atoms with Crippen LogP contribution in [0.4, 0.5) is 0 Å². The maximum Gasteiger partial charge on any atom is 0.260 e. The summed E-state index contributed by atoms with van der Waals surface area (Å²) in [7, 11) is 0. The molecule has 0 spiro atoms. The molecule has 6 heteroatoms. The highest BCUT2D eigenvalue weighted by Gasteiger charge is 2.43. The summed E-state index contributed by atoms with van der Waals surface area (Å²) in [5.74, 6) is 7.00. The number of fused-ring (bicyclic) bond motifs is 8. The molecule has 0 radical (unpaired) electrons. The molecule has 0 amide bonds. The smallest absolute Gasteiger partial charge is 0.260 e. The van der Waals surface area contributed by atoms with E-state index in [4.69, 9.17) is 18.9 Å². The van der Waals surface area contributed by atoms with Crippen molar-refractivity contribution >= 4 is 46.2 Å². The summed E-state index contributed by atoms with van der Waals surface area (Å²) < 4.78 is 26.8. The van der Waals surface area contributed by atoms with Gasteiger partial charge < -0.3 is 18.9 Å². The van der Waals surface area contributed by atoms with Crippen molar-refractivity contribution in [2.24, 2.45) is 0 Å². The predicted molar refractivity (Wildman–Crippen MR) is 341 cm³/mol. The van der Waals surface area contributed by atoms with Crippen molar-refractivity contribution in [3.63, 3.8) is 0 Å². The molecule has 16 rings (SSSR count). The Kier molecular flexibility index (Phi) is 13.1. The van der Waals surface area contributed by atoms with Gasteiger partial charge in [0.25, 0.3) is 13.4 Å². The molecule has 0 aromatic heterocycles. The first kappa shape index (κ1) is 49.7. The van der Waals surface area contributed by atoms with E-state index in [0.717, 1.165) is 118 Å². The molecule has 12 aromatic rings. The van der Waals surface area contributed by atoms with Crippen LogP contribution in [0, 0.1) is 0 Å². The van der Waals surface area contributed by atoms with E-state index < -0.39 is 0 Å². The van der Waals surface area contributed by atoms with Crippen molar-refractivity contribution < 1.29 is 18.9 Å².